The molecule has 16 heavy (non-hydrogen) atoms. The number of carbonyl (C=O) groups is 1. The summed E-state index contributed by atoms with van der Waals surface area (Å²) in [5.74, 6) is -1.07. The van der Waals surface area contributed by atoms with E-state index >= 15 is 0 Å². The normalized spacial score (nSPS) is 10.1. The molecule has 1 aromatic heterocycles. The minimum Gasteiger partial charge on any atom is -0.398 e. The van der Waals surface area contributed by atoms with Gasteiger partial charge in [-0.05, 0) is 24.3 Å². The molecule has 0 aliphatic rings. The van der Waals surface area contributed by atoms with Gasteiger partial charge in [0.1, 0.15) is 5.82 Å². The first-order valence-corrected chi connectivity index (χ1v) is 4.69. The summed E-state index contributed by atoms with van der Waals surface area (Å²) in [7, 11) is 0. The van der Waals surface area contributed by atoms with Gasteiger partial charge in [-0.1, -0.05) is 6.07 Å². The number of anilines is 1. The van der Waals surface area contributed by atoms with Crippen LogP contribution < -0.4 is 5.73 Å². The van der Waals surface area contributed by atoms with Crippen LogP contribution in [0.4, 0.5) is 10.1 Å². The quantitative estimate of drug-likeness (QED) is 0.617. The topological polar surface area (TPSA) is 56.0 Å². The van der Waals surface area contributed by atoms with Crippen LogP contribution in [-0.2, 0) is 0 Å². The van der Waals surface area contributed by atoms with Crippen molar-refractivity contribution in [1.29, 1.82) is 0 Å². The number of nitrogens with zero attached hydrogens (tertiary/aromatic N) is 1. The van der Waals surface area contributed by atoms with Crippen molar-refractivity contribution in [2.45, 2.75) is 0 Å². The lowest BCUT2D eigenvalue weighted by Gasteiger charge is -2.05. The summed E-state index contributed by atoms with van der Waals surface area (Å²) in [5, 5.41) is 0. The van der Waals surface area contributed by atoms with Crippen LogP contribution in [0.3, 0.4) is 0 Å². The van der Waals surface area contributed by atoms with E-state index in [4.69, 9.17) is 5.73 Å². The van der Waals surface area contributed by atoms with Crippen molar-refractivity contribution in [3.63, 3.8) is 0 Å². The highest BCUT2D eigenvalue weighted by molar-refractivity contribution is 6.12. The van der Waals surface area contributed by atoms with E-state index < -0.39 is 11.6 Å². The summed E-state index contributed by atoms with van der Waals surface area (Å²) in [6, 6.07) is 7.35. The van der Waals surface area contributed by atoms with Crippen LogP contribution in [0, 0.1) is 5.82 Å². The van der Waals surface area contributed by atoms with Crippen LogP contribution in [0.1, 0.15) is 15.9 Å². The maximum atomic E-state index is 13.5. The smallest absolute Gasteiger partial charge is 0.199 e. The fourth-order valence-electron chi connectivity index (χ4n) is 1.42. The van der Waals surface area contributed by atoms with E-state index in [0.29, 0.717) is 5.56 Å². The first kappa shape index (κ1) is 10.3. The van der Waals surface area contributed by atoms with Gasteiger partial charge in [-0.2, -0.15) is 0 Å². The fourth-order valence-corrected chi connectivity index (χ4v) is 1.42. The number of halogens is 1. The standard InChI is InChI=1S/C12H9FN2O/c13-9-4-1-5-10(14)11(9)12(16)8-3-2-6-15-7-8/h1-7H,14H2. The zero-order chi connectivity index (χ0) is 11.5. The molecule has 2 N–H and O–H groups in total. The summed E-state index contributed by atoms with van der Waals surface area (Å²) >= 11 is 0. The molecule has 2 aromatic rings. The molecule has 0 saturated carbocycles. The zero-order valence-corrected chi connectivity index (χ0v) is 8.35. The highest BCUT2D eigenvalue weighted by atomic mass is 19.1. The van der Waals surface area contributed by atoms with Crippen LogP contribution in [0.25, 0.3) is 0 Å². The minimum absolute atomic E-state index is 0.101. The number of nitrogens with two attached hydrogens (primary N) is 1. The molecule has 0 atom stereocenters. The van der Waals surface area contributed by atoms with Crippen molar-refractivity contribution in [2.75, 3.05) is 5.73 Å². The van der Waals surface area contributed by atoms with Gasteiger partial charge >= 0.3 is 0 Å². The molecule has 2 rings (SSSR count). The summed E-state index contributed by atoms with van der Waals surface area (Å²) in [6.07, 6.45) is 2.93. The Balaban J connectivity index is 2.50. The van der Waals surface area contributed by atoms with E-state index in [0.717, 1.165) is 0 Å². The molecular weight excluding hydrogens is 207 g/mol. The SMILES string of the molecule is Nc1cccc(F)c1C(=O)c1cccnc1. The molecule has 80 valence electrons. The number of benzene rings is 1. The van der Waals surface area contributed by atoms with Gasteiger partial charge in [-0.15, -0.1) is 0 Å². The average molecular weight is 216 g/mol. The maximum absolute atomic E-state index is 13.5. The van der Waals surface area contributed by atoms with Crippen molar-refractivity contribution in [2.24, 2.45) is 0 Å². The Labute approximate surface area is 91.7 Å². The maximum Gasteiger partial charge on any atom is 0.199 e. The lowest BCUT2D eigenvalue weighted by Crippen LogP contribution is -2.08. The Kier molecular flexibility index (Phi) is 2.64. The third-order valence-corrected chi connectivity index (χ3v) is 2.20. The summed E-state index contributed by atoms with van der Waals surface area (Å²) in [5.41, 5.74) is 5.93. The van der Waals surface area contributed by atoms with Gasteiger partial charge in [-0.3, -0.25) is 9.78 Å². The molecule has 1 aromatic carbocycles. The van der Waals surface area contributed by atoms with Gasteiger partial charge < -0.3 is 5.73 Å². The molecule has 0 spiro atoms. The van der Waals surface area contributed by atoms with E-state index in [1.54, 1.807) is 18.3 Å². The first-order chi connectivity index (χ1) is 7.70. The molecule has 1 heterocycles. The van der Waals surface area contributed by atoms with Crippen LogP contribution >= 0.6 is 0 Å². The Morgan fingerprint density at radius 3 is 2.69 bits per heavy atom. The summed E-state index contributed by atoms with van der Waals surface area (Å²) in [4.78, 5) is 15.7. The third kappa shape index (κ3) is 1.77. The Hall–Kier alpha value is -2.23. The number of ketones is 1. The number of carbonyl (C=O) groups excluding carboxylic acids is 1. The number of hydrogen-bond acceptors (Lipinski definition) is 3. The second kappa shape index (κ2) is 4.10. The van der Waals surface area contributed by atoms with Gasteiger partial charge in [0.15, 0.2) is 5.78 Å². The van der Waals surface area contributed by atoms with E-state index in [1.165, 1.54) is 24.4 Å². The Morgan fingerprint density at radius 1 is 1.25 bits per heavy atom. The van der Waals surface area contributed by atoms with Crippen LogP contribution in [0.15, 0.2) is 42.7 Å². The predicted molar refractivity (Wildman–Crippen MR) is 58.5 cm³/mol. The van der Waals surface area contributed by atoms with Crippen molar-refractivity contribution in [3.05, 3.63) is 59.7 Å². The highest BCUT2D eigenvalue weighted by Crippen LogP contribution is 2.19. The second-order valence-corrected chi connectivity index (χ2v) is 3.27. The number of hydrogen-bond donors (Lipinski definition) is 1. The van der Waals surface area contributed by atoms with Crippen molar-refractivity contribution < 1.29 is 9.18 Å². The number of rotatable bonds is 2. The molecule has 0 aliphatic carbocycles. The van der Waals surface area contributed by atoms with E-state index in [1.807, 2.05) is 0 Å². The minimum atomic E-state index is -0.617. The van der Waals surface area contributed by atoms with Gasteiger partial charge in [-0.25, -0.2) is 4.39 Å². The summed E-state index contributed by atoms with van der Waals surface area (Å²) in [6.45, 7) is 0. The lowest BCUT2D eigenvalue weighted by atomic mass is 10.0. The van der Waals surface area contributed by atoms with Crippen molar-refractivity contribution in [1.82, 2.24) is 4.98 Å². The van der Waals surface area contributed by atoms with E-state index in [-0.39, 0.29) is 11.3 Å². The number of nitrogen functional groups attached to an aromatic ring is 1. The Bertz CT molecular complexity index is 506. The molecule has 4 heteroatoms. The van der Waals surface area contributed by atoms with Gasteiger partial charge in [0.2, 0.25) is 0 Å². The lowest BCUT2D eigenvalue weighted by molar-refractivity contribution is 0.103. The Morgan fingerprint density at radius 2 is 2.06 bits per heavy atom. The predicted octanol–water partition coefficient (Wildman–Crippen LogP) is 2.03. The van der Waals surface area contributed by atoms with Gasteiger partial charge in [0.05, 0.1) is 5.56 Å². The van der Waals surface area contributed by atoms with Gasteiger partial charge in [0, 0.05) is 23.6 Å². The molecule has 0 saturated heterocycles. The van der Waals surface area contributed by atoms with E-state index in [9.17, 15) is 9.18 Å². The number of aromatic nitrogens is 1. The third-order valence-electron chi connectivity index (χ3n) is 2.20. The van der Waals surface area contributed by atoms with Crippen molar-refractivity contribution in [3.8, 4) is 0 Å². The molecule has 0 bridgehead atoms. The fraction of sp³-hybridized carbons (Fsp3) is 0. The van der Waals surface area contributed by atoms with Gasteiger partial charge in [0.25, 0.3) is 0 Å². The van der Waals surface area contributed by atoms with Crippen LogP contribution in [0.5, 0.6) is 0 Å². The van der Waals surface area contributed by atoms with Crippen LogP contribution in [0.2, 0.25) is 0 Å². The first-order valence-electron chi connectivity index (χ1n) is 4.69. The highest BCUT2D eigenvalue weighted by Gasteiger charge is 2.16. The largest absolute Gasteiger partial charge is 0.398 e. The average Bonchev–Trinajstić information content (AvgIpc) is 2.30. The molecule has 0 radical (unpaired) electrons. The molecular formula is C12H9FN2O. The molecule has 0 unspecified atom stereocenters. The summed E-state index contributed by atoms with van der Waals surface area (Å²) < 4.78 is 13.5. The molecule has 0 fully saturated rings. The zero-order valence-electron chi connectivity index (χ0n) is 8.35. The van der Waals surface area contributed by atoms with Crippen molar-refractivity contribution >= 4 is 11.5 Å². The molecule has 3 nitrogen and oxygen atoms in total. The molecule has 0 aliphatic heterocycles. The number of pyridine rings is 1. The second-order valence-electron chi connectivity index (χ2n) is 3.27. The van der Waals surface area contributed by atoms with Crippen LogP contribution in [-0.4, -0.2) is 10.8 Å². The van der Waals surface area contributed by atoms with E-state index in [2.05, 4.69) is 4.98 Å². The monoisotopic (exact) mass is 216 g/mol. The molecule has 0 amide bonds.